The molecule has 0 bridgehead atoms. The molecule has 0 radical (unpaired) electrons. The molecular weight excluding hydrogens is 381 g/mol. The molecule has 0 amide bonds. The van der Waals surface area contributed by atoms with Crippen LogP contribution >= 0.6 is 0 Å². The van der Waals surface area contributed by atoms with Gasteiger partial charge in [-0.25, -0.2) is 14.3 Å². The fourth-order valence-corrected chi connectivity index (χ4v) is 2.74. The Morgan fingerprint density at radius 2 is 1.89 bits per heavy atom. The molecule has 146 valence electrons. The van der Waals surface area contributed by atoms with Gasteiger partial charge in [-0.05, 0) is 25.1 Å². The van der Waals surface area contributed by atoms with Gasteiger partial charge in [-0.15, -0.1) is 0 Å². The first-order valence-corrected chi connectivity index (χ1v) is 7.81. The SMILES string of the molecule is Cc1c(-n2cc(C(=O)O)cn2)c(=O)n(C)c(=O)n1-c1cccc(C(F)(F)F)c1. The van der Waals surface area contributed by atoms with Crippen molar-refractivity contribution in [1.82, 2.24) is 18.9 Å². The smallest absolute Gasteiger partial charge is 0.416 e. The van der Waals surface area contributed by atoms with Crippen molar-refractivity contribution in [2.75, 3.05) is 0 Å². The van der Waals surface area contributed by atoms with Gasteiger partial charge < -0.3 is 5.11 Å². The van der Waals surface area contributed by atoms with Crippen LogP contribution in [0.4, 0.5) is 13.2 Å². The van der Waals surface area contributed by atoms with E-state index in [4.69, 9.17) is 5.11 Å². The average Bonchev–Trinajstić information content (AvgIpc) is 3.10. The number of carboxylic acid groups (broad SMARTS) is 1. The zero-order valence-electron chi connectivity index (χ0n) is 14.6. The molecule has 0 atom stereocenters. The predicted molar refractivity (Wildman–Crippen MR) is 91.1 cm³/mol. The second-order valence-electron chi connectivity index (χ2n) is 5.94. The highest BCUT2D eigenvalue weighted by atomic mass is 19.4. The van der Waals surface area contributed by atoms with Gasteiger partial charge in [0.1, 0.15) is 5.69 Å². The molecule has 2 aromatic heterocycles. The summed E-state index contributed by atoms with van der Waals surface area (Å²) >= 11 is 0. The molecule has 0 saturated carbocycles. The van der Waals surface area contributed by atoms with Crippen LogP contribution in [0.1, 0.15) is 21.6 Å². The molecule has 1 aromatic carbocycles. The van der Waals surface area contributed by atoms with Crippen LogP contribution in [-0.2, 0) is 13.2 Å². The van der Waals surface area contributed by atoms with Gasteiger partial charge in [0.25, 0.3) is 5.56 Å². The molecule has 0 aliphatic heterocycles. The minimum Gasteiger partial charge on any atom is -0.478 e. The van der Waals surface area contributed by atoms with Gasteiger partial charge in [-0.2, -0.15) is 18.3 Å². The van der Waals surface area contributed by atoms with Crippen LogP contribution in [0.25, 0.3) is 11.4 Å². The Morgan fingerprint density at radius 3 is 2.46 bits per heavy atom. The van der Waals surface area contributed by atoms with E-state index in [0.717, 1.165) is 39.8 Å². The van der Waals surface area contributed by atoms with E-state index in [9.17, 15) is 27.6 Å². The van der Waals surface area contributed by atoms with E-state index in [2.05, 4.69) is 5.10 Å². The molecule has 0 unspecified atom stereocenters. The molecule has 0 fully saturated rings. The zero-order valence-corrected chi connectivity index (χ0v) is 14.6. The van der Waals surface area contributed by atoms with Crippen molar-refractivity contribution in [1.29, 1.82) is 0 Å². The number of carbonyl (C=O) groups is 1. The van der Waals surface area contributed by atoms with Crippen LogP contribution in [0.2, 0.25) is 0 Å². The molecule has 3 rings (SSSR count). The van der Waals surface area contributed by atoms with Gasteiger partial charge in [0, 0.05) is 13.2 Å². The Hall–Kier alpha value is -3.63. The summed E-state index contributed by atoms with van der Waals surface area (Å²) in [6.45, 7) is 1.36. The highest BCUT2D eigenvalue weighted by Gasteiger charge is 2.31. The Balaban J connectivity index is 2.32. The monoisotopic (exact) mass is 394 g/mol. The number of halogens is 3. The Morgan fingerprint density at radius 1 is 1.21 bits per heavy atom. The summed E-state index contributed by atoms with van der Waals surface area (Å²) < 4.78 is 41.7. The molecule has 0 aliphatic carbocycles. The third kappa shape index (κ3) is 3.10. The Bertz CT molecular complexity index is 1200. The lowest BCUT2D eigenvalue weighted by molar-refractivity contribution is -0.137. The Labute approximate surface area is 154 Å². The van der Waals surface area contributed by atoms with Gasteiger partial charge in [0.2, 0.25) is 0 Å². The van der Waals surface area contributed by atoms with Crippen LogP contribution in [0.5, 0.6) is 0 Å². The molecule has 3 aromatic rings. The summed E-state index contributed by atoms with van der Waals surface area (Å²) in [4.78, 5) is 36.2. The van der Waals surface area contributed by atoms with Gasteiger partial charge in [-0.1, -0.05) is 6.07 Å². The minimum atomic E-state index is -4.62. The molecule has 1 N–H and O–H groups in total. The molecule has 0 aliphatic rings. The second-order valence-corrected chi connectivity index (χ2v) is 5.94. The van der Waals surface area contributed by atoms with Crippen LogP contribution in [-0.4, -0.2) is 30.0 Å². The first-order chi connectivity index (χ1) is 13.0. The number of alkyl halides is 3. The van der Waals surface area contributed by atoms with Crippen LogP contribution in [0.15, 0.2) is 46.2 Å². The highest BCUT2D eigenvalue weighted by molar-refractivity contribution is 5.87. The van der Waals surface area contributed by atoms with E-state index in [-0.39, 0.29) is 22.6 Å². The number of nitrogens with zero attached hydrogens (tertiary/aromatic N) is 4. The van der Waals surface area contributed by atoms with E-state index in [1.807, 2.05) is 0 Å². The summed E-state index contributed by atoms with van der Waals surface area (Å²) in [6.07, 6.45) is -2.52. The molecule has 8 nitrogen and oxygen atoms in total. The van der Waals surface area contributed by atoms with E-state index in [1.54, 1.807) is 0 Å². The van der Waals surface area contributed by atoms with Gasteiger partial charge in [0.15, 0.2) is 0 Å². The lowest BCUT2D eigenvalue weighted by Crippen LogP contribution is -2.41. The van der Waals surface area contributed by atoms with Crippen molar-refractivity contribution in [3.63, 3.8) is 0 Å². The second kappa shape index (κ2) is 6.51. The third-order valence-electron chi connectivity index (χ3n) is 4.15. The molecule has 0 saturated heterocycles. The number of aromatic carboxylic acids is 1. The molecule has 0 spiro atoms. The lowest BCUT2D eigenvalue weighted by Gasteiger charge is -2.16. The summed E-state index contributed by atoms with van der Waals surface area (Å²) in [6, 6.07) is 4.09. The zero-order chi connectivity index (χ0) is 20.8. The van der Waals surface area contributed by atoms with E-state index in [1.165, 1.54) is 20.0 Å². The fourth-order valence-electron chi connectivity index (χ4n) is 2.74. The molecule has 28 heavy (non-hydrogen) atoms. The maximum atomic E-state index is 13.0. The number of hydrogen-bond acceptors (Lipinski definition) is 4. The van der Waals surface area contributed by atoms with Crippen molar-refractivity contribution >= 4 is 5.97 Å². The number of aromatic nitrogens is 4. The van der Waals surface area contributed by atoms with Crippen LogP contribution in [0.3, 0.4) is 0 Å². The first kappa shape index (κ1) is 19.1. The number of rotatable bonds is 3. The van der Waals surface area contributed by atoms with Crippen molar-refractivity contribution < 1.29 is 23.1 Å². The van der Waals surface area contributed by atoms with E-state index in [0.29, 0.717) is 4.57 Å². The van der Waals surface area contributed by atoms with Crippen molar-refractivity contribution in [2.24, 2.45) is 7.05 Å². The fraction of sp³-hybridized carbons (Fsp3) is 0.176. The summed E-state index contributed by atoms with van der Waals surface area (Å²) in [5.41, 5.74) is -3.03. The highest BCUT2D eigenvalue weighted by Crippen LogP contribution is 2.30. The van der Waals surface area contributed by atoms with Gasteiger partial charge in [0.05, 0.1) is 28.7 Å². The molecular formula is C17H13F3N4O4. The first-order valence-electron chi connectivity index (χ1n) is 7.81. The largest absolute Gasteiger partial charge is 0.478 e. The maximum absolute atomic E-state index is 13.0. The Kier molecular flexibility index (Phi) is 4.45. The standard InChI is InChI=1S/C17H13F3N4O4/c1-9-13(23-8-10(7-21-23)15(26)27)14(25)22(2)16(28)24(9)12-5-3-4-11(6-12)17(18,19)20/h3-8H,1-2H3,(H,26,27). The van der Waals surface area contributed by atoms with Crippen molar-refractivity contribution in [2.45, 2.75) is 13.1 Å². The van der Waals surface area contributed by atoms with Crippen LogP contribution in [0, 0.1) is 6.92 Å². The number of benzene rings is 1. The average molecular weight is 394 g/mol. The summed E-state index contributed by atoms with van der Waals surface area (Å²) in [5, 5.41) is 12.8. The number of hydrogen-bond donors (Lipinski definition) is 1. The maximum Gasteiger partial charge on any atom is 0.416 e. The molecule has 2 heterocycles. The normalized spacial score (nSPS) is 11.6. The minimum absolute atomic E-state index is 0.00691. The van der Waals surface area contributed by atoms with Crippen LogP contribution < -0.4 is 11.2 Å². The van der Waals surface area contributed by atoms with Crippen molar-refractivity contribution in [3.05, 3.63) is 74.3 Å². The summed E-state index contributed by atoms with van der Waals surface area (Å²) in [7, 11) is 1.17. The predicted octanol–water partition coefficient (Wildman–Crippen LogP) is 1.75. The number of carboxylic acids is 1. The van der Waals surface area contributed by atoms with E-state index >= 15 is 0 Å². The molecule has 11 heteroatoms. The topological polar surface area (TPSA) is 99.1 Å². The van der Waals surface area contributed by atoms with E-state index < -0.39 is 29.0 Å². The quantitative estimate of drug-likeness (QED) is 0.730. The van der Waals surface area contributed by atoms with Crippen molar-refractivity contribution in [3.8, 4) is 11.4 Å². The van der Waals surface area contributed by atoms with Gasteiger partial charge >= 0.3 is 17.8 Å². The van der Waals surface area contributed by atoms with Gasteiger partial charge in [-0.3, -0.25) is 13.9 Å². The lowest BCUT2D eigenvalue weighted by atomic mass is 10.2. The third-order valence-corrected chi connectivity index (χ3v) is 4.15. The summed E-state index contributed by atoms with van der Waals surface area (Å²) in [5.74, 6) is -1.27.